The molecule has 0 amide bonds. The molecule has 100 valence electrons. The van der Waals surface area contributed by atoms with Gasteiger partial charge >= 0.3 is 0 Å². The molecule has 0 bridgehead atoms. The standard InChI is InChI=1S/C18H18N2/c1-15-19-14-18(20-15,12-16-8-4-2-5-9-16)13-17-10-6-3-7-11-17/h2-11,14H,12-13H2,1H3. The van der Waals surface area contributed by atoms with Gasteiger partial charge in [0, 0.05) is 19.1 Å². The highest BCUT2D eigenvalue weighted by Gasteiger charge is 2.31. The van der Waals surface area contributed by atoms with Crippen LogP contribution in [0.15, 0.2) is 70.6 Å². The van der Waals surface area contributed by atoms with E-state index in [9.17, 15) is 0 Å². The molecule has 0 radical (unpaired) electrons. The molecule has 1 aliphatic rings. The summed E-state index contributed by atoms with van der Waals surface area (Å²) in [5, 5.41) is 0. The van der Waals surface area contributed by atoms with Gasteiger partial charge < -0.3 is 0 Å². The quantitative estimate of drug-likeness (QED) is 0.802. The van der Waals surface area contributed by atoms with Crippen LogP contribution in [0.5, 0.6) is 0 Å². The van der Waals surface area contributed by atoms with Crippen molar-refractivity contribution in [1.82, 2.24) is 0 Å². The lowest BCUT2D eigenvalue weighted by atomic mass is 9.86. The number of benzene rings is 2. The van der Waals surface area contributed by atoms with E-state index in [1.54, 1.807) is 0 Å². The maximum atomic E-state index is 4.80. The van der Waals surface area contributed by atoms with Gasteiger partial charge in [-0.15, -0.1) is 0 Å². The molecule has 0 aliphatic carbocycles. The fraction of sp³-hybridized carbons (Fsp3) is 0.222. The normalized spacial score (nSPS) is 16.1. The minimum absolute atomic E-state index is 0.229. The van der Waals surface area contributed by atoms with Crippen LogP contribution in [0.2, 0.25) is 0 Å². The van der Waals surface area contributed by atoms with Crippen LogP contribution in [0.25, 0.3) is 0 Å². The minimum atomic E-state index is -0.229. The van der Waals surface area contributed by atoms with Crippen molar-refractivity contribution in [3.63, 3.8) is 0 Å². The number of aliphatic imine (C=N–C) groups is 2. The molecule has 0 unspecified atom stereocenters. The van der Waals surface area contributed by atoms with E-state index in [1.165, 1.54) is 11.1 Å². The highest BCUT2D eigenvalue weighted by atomic mass is 15.0. The summed E-state index contributed by atoms with van der Waals surface area (Å²) < 4.78 is 0. The van der Waals surface area contributed by atoms with Crippen molar-refractivity contribution < 1.29 is 0 Å². The van der Waals surface area contributed by atoms with Crippen LogP contribution in [0.4, 0.5) is 0 Å². The van der Waals surface area contributed by atoms with Crippen LogP contribution in [0, 0.1) is 0 Å². The average Bonchev–Trinajstić information content (AvgIpc) is 2.82. The molecule has 0 fully saturated rings. The number of amidine groups is 1. The van der Waals surface area contributed by atoms with E-state index in [1.807, 2.05) is 25.3 Å². The summed E-state index contributed by atoms with van der Waals surface area (Å²) in [7, 11) is 0. The molecule has 1 heterocycles. The summed E-state index contributed by atoms with van der Waals surface area (Å²) in [6.45, 7) is 1.97. The fourth-order valence-corrected chi connectivity index (χ4v) is 2.73. The Morgan fingerprint density at radius 1 is 0.800 bits per heavy atom. The van der Waals surface area contributed by atoms with E-state index < -0.39 is 0 Å². The van der Waals surface area contributed by atoms with E-state index in [0.717, 1.165) is 18.7 Å². The van der Waals surface area contributed by atoms with Gasteiger partial charge in [-0.25, -0.2) is 4.99 Å². The Morgan fingerprint density at radius 2 is 1.30 bits per heavy atom. The number of hydrogen-bond acceptors (Lipinski definition) is 2. The SMILES string of the molecule is CC1=NC(Cc2ccccc2)(Cc2ccccc2)C=N1. The van der Waals surface area contributed by atoms with Gasteiger partial charge in [0.2, 0.25) is 0 Å². The first-order valence-electron chi connectivity index (χ1n) is 6.95. The Kier molecular flexibility index (Phi) is 3.46. The predicted molar refractivity (Wildman–Crippen MR) is 84.6 cm³/mol. The molecule has 20 heavy (non-hydrogen) atoms. The average molecular weight is 262 g/mol. The van der Waals surface area contributed by atoms with Crippen molar-refractivity contribution in [2.75, 3.05) is 0 Å². The van der Waals surface area contributed by atoms with Crippen molar-refractivity contribution >= 4 is 12.1 Å². The summed E-state index contributed by atoms with van der Waals surface area (Å²) in [5.74, 6) is 0.872. The van der Waals surface area contributed by atoms with Crippen molar-refractivity contribution in [3.8, 4) is 0 Å². The number of rotatable bonds is 4. The van der Waals surface area contributed by atoms with Crippen molar-refractivity contribution in [3.05, 3.63) is 71.8 Å². The molecule has 1 aliphatic heterocycles. The lowest BCUT2D eigenvalue weighted by Gasteiger charge is -2.23. The summed E-state index contributed by atoms with van der Waals surface area (Å²) >= 11 is 0. The summed E-state index contributed by atoms with van der Waals surface area (Å²) in [6.07, 6.45) is 3.80. The van der Waals surface area contributed by atoms with Crippen LogP contribution in [-0.4, -0.2) is 17.6 Å². The molecule has 2 aromatic carbocycles. The van der Waals surface area contributed by atoms with Crippen molar-refractivity contribution in [1.29, 1.82) is 0 Å². The van der Waals surface area contributed by atoms with Gasteiger partial charge in [0.25, 0.3) is 0 Å². The smallest absolute Gasteiger partial charge is 0.120 e. The third-order valence-corrected chi connectivity index (χ3v) is 3.58. The molecular weight excluding hydrogens is 244 g/mol. The van der Waals surface area contributed by atoms with E-state index in [2.05, 4.69) is 53.5 Å². The van der Waals surface area contributed by atoms with E-state index in [4.69, 9.17) is 4.99 Å². The van der Waals surface area contributed by atoms with Crippen LogP contribution in [-0.2, 0) is 12.8 Å². The Balaban J connectivity index is 1.89. The Bertz CT molecular complexity index is 585. The predicted octanol–water partition coefficient (Wildman–Crippen LogP) is 3.71. The third-order valence-electron chi connectivity index (χ3n) is 3.58. The highest BCUT2D eigenvalue weighted by Crippen LogP contribution is 2.25. The summed E-state index contributed by atoms with van der Waals surface area (Å²) in [5.41, 5.74) is 2.37. The molecule has 2 nitrogen and oxygen atoms in total. The van der Waals surface area contributed by atoms with Crippen LogP contribution < -0.4 is 0 Å². The van der Waals surface area contributed by atoms with E-state index in [0.29, 0.717) is 0 Å². The van der Waals surface area contributed by atoms with Crippen LogP contribution in [0.3, 0.4) is 0 Å². The second-order valence-corrected chi connectivity index (χ2v) is 5.35. The molecule has 0 saturated heterocycles. The van der Waals surface area contributed by atoms with Gasteiger partial charge in [-0.2, -0.15) is 0 Å². The second-order valence-electron chi connectivity index (χ2n) is 5.35. The van der Waals surface area contributed by atoms with E-state index >= 15 is 0 Å². The molecule has 0 saturated carbocycles. The topological polar surface area (TPSA) is 24.7 Å². The molecule has 3 rings (SSSR count). The molecule has 0 spiro atoms. The van der Waals surface area contributed by atoms with Crippen LogP contribution >= 0.6 is 0 Å². The van der Waals surface area contributed by atoms with Gasteiger partial charge in [-0.3, -0.25) is 4.99 Å². The molecule has 0 N–H and O–H groups in total. The Labute approximate surface area is 119 Å². The van der Waals surface area contributed by atoms with Crippen molar-refractivity contribution in [2.45, 2.75) is 25.3 Å². The van der Waals surface area contributed by atoms with Gasteiger partial charge in [0.15, 0.2) is 0 Å². The first kappa shape index (κ1) is 12.8. The first-order chi connectivity index (χ1) is 9.76. The third kappa shape index (κ3) is 2.85. The molecule has 2 heteroatoms. The number of nitrogens with zero attached hydrogens (tertiary/aromatic N) is 2. The fourth-order valence-electron chi connectivity index (χ4n) is 2.73. The maximum absolute atomic E-state index is 4.80. The second kappa shape index (κ2) is 5.41. The zero-order valence-electron chi connectivity index (χ0n) is 11.7. The zero-order valence-corrected chi connectivity index (χ0v) is 11.7. The Morgan fingerprint density at radius 3 is 1.70 bits per heavy atom. The summed E-state index contributed by atoms with van der Waals surface area (Å²) in [6, 6.07) is 21.0. The zero-order chi connectivity index (χ0) is 13.8. The monoisotopic (exact) mass is 262 g/mol. The molecule has 0 atom stereocenters. The number of hydrogen-bond donors (Lipinski definition) is 0. The van der Waals surface area contributed by atoms with Crippen molar-refractivity contribution in [2.24, 2.45) is 9.98 Å². The minimum Gasteiger partial charge on any atom is -0.258 e. The highest BCUT2D eigenvalue weighted by molar-refractivity contribution is 5.97. The molecule has 0 aromatic heterocycles. The van der Waals surface area contributed by atoms with Gasteiger partial charge in [-0.05, 0) is 18.1 Å². The first-order valence-corrected chi connectivity index (χ1v) is 6.95. The maximum Gasteiger partial charge on any atom is 0.120 e. The lowest BCUT2D eigenvalue weighted by Crippen LogP contribution is -2.32. The largest absolute Gasteiger partial charge is 0.258 e. The van der Waals surface area contributed by atoms with Crippen LogP contribution in [0.1, 0.15) is 18.1 Å². The molecular formula is C18H18N2. The van der Waals surface area contributed by atoms with Gasteiger partial charge in [0.1, 0.15) is 11.4 Å². The van der Waals surface area contributed by atoms with E-state index in [-0.39, 0.29) is 5.54 Å². The van der Waals surface area contributed by atoms with Gasteiger partial charge in [0.05, 0.1) is 0 Å². The molecule has 2 aromatic rings. The van der Waals surface area contributed by atoms with Gasteiger partial charge in [-0.1, -0.05) is 60.7 Å². The lowest BCUT2D eigenvalue weighted by molar-refractivity contribution is 0.581. The summed E-state index contributed by atoms with van der Waals surface area (Å²) in [4.78, 5) is 9.21. The Hall–Kier alpha value is -2.22.